The summed E-state index contributed by atoms with van der Waals surface area (Å²) in [5, 5.41) is 0. The molecule has 2 heteroatoms. The molecule has 106 valence electrons. The minimum Gasteiger partial charge on any atom is -0.365 e. The van der Waals surface area contributed by atoms with E-state index in [0.717, 1.165) is 0 Å². The van der Waals surface area contributed by atoms with Crippen molar-refractivity contribution >= 4 is 8.07 Å². The average Bonchev–Trinajstić information content (AvgIpc) is 3.03. The zero-order valence-electron chi connectivity index (χ0n) is 12.9. The van der Waals surface area contributed by atoms with Gasteiger partial charge >= 0.3 is 0 Å². The SMILES string of the molecule is CCCCCCCCC[C@@H]1O[C@H]1/C=C/[Si](C)(C)C. The van der Waals surface area contributed by atoms with Crippen LogP contribution < -0.4 is 0 Å². The average molecular weight is 269 g/mol. The minimum atomic E-state index is -1.03. The maximum absolute atomic E-state index is 5.69. The van der Waals surface area contributed by atoms with Crippen molar-refractivity contribution in [2.45, 2.75) is 90.1 Å². The van der Waals surface area contributed by atoms with E-state index in [1.165, 1.54) is 51.4 Å². The molecule has 1 rings (SSSR count). The Morgan fingerprint density at radius 1 is 0.944 bits per heavy atom. The topological polar surface area (TPSA) is 12.5 Å². The number of unbranched alkanes of at least 4 members (excludes halogenated alkanes) is 6. The third-order valence-corrected chi connectivity index (χ3v) is 4.69. The van der Waals surface area contributed by atoms with Crippen molar-refractivity contribution < 1.29 is 4.74 Å². The van der Waals surface area contributed by atoms with Crippen LogP contribution in [0.5, 0.6) is 0 Å². The number of hydrogen-bond donors (Lipinski definition) is 0. The molecule has 0 N–H and O–H groups in total. The standard InChI is InChI=1S/C16H32OSi/c1-5-6-7-8-9-10-11-12-15-16(17-15)13-14-18(2,3)4/h13-16H,5-12H2,1-4H3/b14-13+/t15-,16-/m0/s1. The van der Waals surface area contributed by atoms with E-state index in [4.69, 9.17) is 4.74 Å². The monoisotopic (exact) mass is 268 g/mol. The fraction of sp³-hybridized carbons (Fsp3) is 0.875. The van der Waals surface area contributed by atoms with E-state index in [0.29, 0.717) is 12.2 Å². The maximum Gasteiger partial charge on any atom is 0.102 e. The summed E-state index contributed by atoms with van der Waals surface area (Å²) in [5.74, 6) is 0. The quantitative estimate of drug-likeness (QED) is 0.296. The summed E-state index contributed by atoms with van der Waals surface area (Å²) in [6.45, 7) is 9.39. The first-order chi connectivity index (χ1) is 8.53. The fourth-order valence-electron chi connectivity index (χ4n) is 2.24. The van der Waals surface area contributed by atoms with Crippen LogP contribution in [0.1, 0.15) is 58.3 Å². The normalized spacial score (nSPS) is 23.8. The highest BCUT2D eigenvalue weighted by molar-refractivity contribution is 6.80. The molecule has 2 atom stereocenters. The predicted molar refractivity (Wildman–Crippen MR) is 83.8 cm³/mol. The molecule has 0 radical (unpaired) electrons. The Kier molecular flexibility index (Phi) is 7.24. The first-order valence-electron chi connectivity index (χ1n) is 7.88. The van der Waals surface area contributed by atoms with Crippen LogP contribution in [0.15, 0.2) is 11.8 Å². The van der Waals surface area contributed by atoms with E-state index >= 15 is 0 Å². The Morgan fingerprint density at radius 3 is 2.17 bits per heavy atom. The van der Waals surface area contributed by atoms with Crippen LogP contribution in [-0.4, -0.2) is 20.3 Å². The lowest BCUT2D eigenvalue weighted by molar-refractivity contribution is 0.372. The molecule has 0 bridgehead atoms. The lowest BCUT2D eigenvalue weighted by Crippen LogP contribution is -2.15. The lowest BCUT2D eigenvalue weighted by atomic mass is 10.1. The molecule has 18 heavy (non-hydrogen) atoms. The van der Waals surface area contributed by atoms with Crippen LogP contribution >= 0.6 is 0 Å². The van der Waals surface area contributed by atoms with Crippen molar-refractivity contribution in [3.8, 4) is 0 Å². The summed E-state index contributed by atoms with van der Waals surface area (Å²) in [5.41, 5.74) is 2.42. The largest absolute Gasteiger partial charge is 0.365 e. The van der Waals surface area contributed by atoms with E-state index in [-0.39, 0.29) is 0 Å². The summed E-state index contributed by atoms with van der Waals surface area (Å²) in [6.07, 6.45) is 14.4. The Balaban J connectivity index is 1.92. The zero-order chi connectivity index (χ0) is 13.4. The van der Waals surface area contributed by atoms with Crippen LogP contribution in [0.2, 0.25) is 19.6 Å². The third kappa shape index (κ3) is 8.10. The summed E-state index contributed by atoms with van der Waals surface area (Å²) in [6, 6.07) is 0. The van der Waals surface area contributed by atoms with Crippen molar-refractivity contribution in [1.82, 2.24) is 0 Å². The van der Waals surface area contributed by atoms with E-state index < -0.39 is 8.07 Å². The van der Waals surface area contributed by atoms with Crippen LogP contribution in [0.3, 0.4) is 0 Å². The van der Waals surface area contributed by atoms with Crippen molar-refractivity contribution in [2.75, 3.05) is 0 Å². The first-order valence-corrected chi connectivity index (χ1v) is 11.5. The molecule has 1 fully saturated rings. The van der Waals surface area contributed by atoms with Gasteiger partial charge in [0.1, 0.15) is 6.10 Å². The second kappa shape index (κ2) is 8.16. The second-order valence-electron chi connectivity index (χ2n) is 6.77. The van der Waals surface area contributed by atoms with Gasteiger partial charge in [-0.1, -0.05) is 83.3 Å². The molecule has 0 amide bonds. The highest BCUT2D eigenvalue weighted by Crippen LogP contribution is 2.29. The van der Waals surface area contributed by atoms with Gasteiger partial charge < -0.3 is 4.74 Å². The van der Waals surface area contributed by atoms with Crippen molar-refractivity contribution in [2.24, 2.45) is 0 Å². The Labute approximate surface area is 115 Å². The molecule has 0 saturated carbocycles. The summed E-state index contributed by atoms with van der Waals surface area (Å²) >= 11 is 0. The maximum atomic E-state index is 5.69. The molecular weight excluding hydrogens is 236 g/mol. The number of hydrogen-bond acceptors (Lipinski definition) is 1. The van der Waals surface area contributed by atoms with Crippen LogP contribution in [-0.2, 0) is 4.74 Å². The minimum absolute atomic E-state index is 0.455. The van der Waals surface area contributed by atoms with Crippen LogP contribution in [0, 0.1) is 0 Å². The summed E-state index contributed by atoms with van der Waals surface area (Å²) in [4.78, 5) is 0. The van der Waals surface area contributed by atoms with Crippen LogP contribution in [0.25, 0.3) is 0 Å². The number of rotatable bonds is 10. The lowest BCUT2D eigenvalue weighted by Gasteiger charge is -2.07. The van der Waals surface area contributed by atoms with Gasteiger partial charge in [-0.15, -0.1) is 0 Å². The van der Waals surface area contributed by atoms with Crippen molar-refractivity contribution in [1.29, 1.82) is 0 Å². The number of ether oxygens (including phenoxy) is 1. The first kappa shape index (κ1) is 16.0. The molecule has 0 unspecified atom stereocenters. The Bertz CT molecular complexity index is 242. The molecule has 0 aromatic carbocycles. The van der Waals surface area contributed by atoms with Gasteiger partial charge in [0.05, 0.1) is 14.2 Å². The van der Waals surface area contributed by atoms with Gasteiger partial charge in [-0.05, 0) is 6.42 Å². The number of epoxide rings is 1. The molecule has 0 aliphatic carbocycles. The molecule has 1 nitrogen and oxygen atoms in total. The van der Waals surface area contributed by atoms with E-state index in [1.54, 1.807) is 0 Å². The van der Waals surface area contributed by atoms with Gasteiger partial charge in [0, 0.05) is 0 Å². The van der Waals surface area contributed by atoms with E-state index in [9.17, 15) is 0 Å². The molecule has 0 aromatic heterocycles. The molecule has 1 saturated heterocycles. The van der Waals surface area contributed by atoms with Gasteiger partial charge in [0.15, 0.2) is 0 Å². The fourth-order valence-corrected chi connectivity index (χ4v) is 3.01. The Hall–Kier alpha value is -0.0831. The zero-order valence-corrected chi connectivity index (χ0v) is 13.9. The van der Waals surface area contributed by atoms with Gasteiger partial charge in [-0.25, -0.2) is 0 Å². The molecule has 0 aromatic rings. The van der Waals surface area contributed by atoms with Gasteiger partial charge in [-0.3, -0.25) is 0 Å². The predicted octanol–water partition coefficient (Wildman–Crippen LogP) is 5.33. The van der Waals surface area contributed by atoms with Crippen molar-refractivity contribution in [3.05, 3.63) is 11.8 Å². The highest BCUT2D eigenvalue weighted by Gasteiger charge is 2.35. The molecular formula is C16H32OSi. The highest BCUT2D eigenvalue weighted by atomic mass is 28.3. The smallest absolute Gasteiger partial charge is 0.102 e. The summed E-state index contributed by atoms with van der Waals surface area (Å²) in [7, 11) is -1.03. The molecule has 0 spiro atoms. The van der Waals surface area contributed by atoms with E-state index in [2.05, 4.69) is 38.3 Å². The Morgan fingerprint density at radius 2 is 1.56 bits per heavy atom. The van der Waals surface area contributed by atoms with Crippen molar-refractivity contribution in [3.63, 3.8) is 0 Å². The second-order valence-corrected chi connectivity index (χ2v) is 11.8. The third-order valence-electron chi connectivity index (χ3n) is 3.50. The molecule has 1 aliphatic rings. The van der Waals surface area contributed by atoms with Crippen LogP contribution in [0.4, 0.5) is 0 Å². The van der Waals surface area contributed by atoms with Gasteiger partial charge in [0.2, 0.25) is 0 Å². The molecule has 1 aliphatic heterocycles. The van der Waals surface area contributed by atoms with E-state index in [1.807, 2.05) is 0 Å². The molecule has 1 heterocycles. The van der Waals surface area contributed by atoms with Gasteiger partial charge in [-0.2, -0.15) is 0 Å². The van der Waals surface area contributed by atoms with Gasteiger partial charge in [0.25, 0.3) is 0 Å². The summed E-state index contributed by atoms with van der Waals surface area (Å²) < 4.78 is 5.69.